The molecule has 0 atom stereocenters. The van der Waals surface area contributed by atoms with Gasteiger partial charge in [-0.3, -0.25) is 0 Å². The van der Waals surface area contributed by atoms with Crippen molar-refractivity contribution in [2.75, 3.05) is 6.26 Å². The molecule has 0 saturated heterocycles. The number of rotatable bonds is 3. The van der Waals surface area contributed by atoms with Crippen molar-refractivity contribution in [1.29, 1.82) is 0 Å². The molecule has 0 fully saturated rings. The third-order valence-corrected chi connectivity index (χ3v) is 4.50. The second kappa shape index (κ2) is 5.13. The van der Waals surface area contributed by atoms with Gasteiger partial charge in [0.1, 0.15) is 0 Å². The average molecular weight is 322 g/mol. The van der Waals surface area contributed by atoms with Crippen LogP contribution in [-0.4, -0.2) is 29.4 Å². The predicted octanol–water partition coefficient (Wildman–Crippen LogP) is 2.54. The molecular weight excluding hydrogens is 310 g/mol. The summed E-state index contributed by atoms with van der Waals surface area (Å²) in [5.41, 5.74) is 1.73. The molecule has 0 bridgehead atoms. The summed E-state index contributed by atoms with van der Waals surface area (Å²) in [5, 5.41) is 9.06. The van der Waals surface area contributed by atoms with Crippen molar-refractivity contribution in [3.05, 3.63) is 53.4 Å². The molecule has 0 aliphatic rings. The fourth-order valence-corrected chi connectivity index (χ4v) is 2.91. The topological polar surface area (TPSA) is 64.8 Å². The largest absolute Gasteiger partial charge is 0.341 e. The number of hydrogen-bond acceptors (Lipinski definition) is 4. The van der Waals surface area contributed by atoms with Crippen LogP contribution in [0.15, 0.2) is 47.5 Å². The molecule has 2 aromatic heterocycles. The highest BCUT2D eigenvalue weighted by Crippen LogP contribution is 2.21. The Balaban J connectivity index is 1.99. The second-order valence-electron chi connectivity index (χ2n) is 4.78. The number of halogens is 1. The van der Waals surface area contributed by atoms with Crippen LogP contribution in [0, 0.1) is 0 Å². The molecule has 0 unspecified atom stereocenters. The number of hydrogen-bond donors (Lipinski definition) is 0. The third-order valence-electron chi connectivity index (χ3n) is 3.19. The summed E-state index contributed by atoms with van der Waals surface area (Å²) in [6.45, 7) is 0.548. The molecule has 21 heavy (non-hydrogen) atoms. The summed E-state index contributed by atoms with van der Waals surface area (Å²) >= 11 is 5.71. The maximum absolute atomic E-state index is 11.6. The number of nitrogens with zero attached hydrogens (tertiary/aromatic N) is 3. The quantitative estimate of drug-likeness (QED) is 0.743. The minimum absolute atomic E-state index is 0.319. The molecule has 3 aromatic rings. The Labute approximate surface area is 127 Å². The van der Waals surface area contributed by atoms with E-state index in [1.54, 1.807) is 24.3 Å². The van der Waals surface area contributed by atoms with Crippen LogP contribution < -0.4 is 0 Å². The molecule has 5 nitrogen and oxygen atoms in total. The number of benzene rings is 1. The minimum Gasteiger partial charge on any atom is -0.341 e. The summed E-state index contributed by atoms with van der Waals surface area (Å²) in [7, 11) is -3.19. The highest BCUT2D eigenvalue weighted by molar-refractivity contribution is 7.90. The van der Waals surface area contributed by atoms with E-state index in [9.17, 15) is 8.42 Å². The van der Waals surface area contributed by atoms with E-state index in [1.807, 2.05) is 22.9 Å². The monoisotopic (exact) mass is 321 g/mol. The van der Waals surface area contributed by atoms with Gasteiger partial charge in [-0.2, -0.15) is 5.10 Å². The molecule has 0 N–H and O–H groups in total. The van der Waals surface area contributed by atoms with Gasteiger partial charge in [0.2, 0.25) is 0 Å². The van der Waals surface area contributed by atoms with Gasteiger partial charge < -0.3 is 4.57 Å². The fourth-order valence-electron chi connectivity index (χ4n) is 2.15. The summed E-state index contributed by atoms with van der Waals surface area (Å²) in [5.74, 6) is 0. The molecule has 1 aromatic carbocycles. The van der Waals surface area contributed by atoms with Crippen LogP contribution in [0.5, 0.6) is 0 Å². The van der Waals surface area contributed by atoms with Crippen molar-refractivity contribution in [2.24, 2.45) is 0 Å². The van der Waals surface area contributed by atoms with E-state index in [0.29, 0.717) is 16.6 Å². The summed E-state index contributed by atoms with van der Waals surface area (Å²) < 4.78 is 25.1. The normalized spacial score (nSPS) is 11.9. The van der Waals surface area contributed by atoms with Crippen molar-refractivity contribution < 1.29 is 8.42 Å². The van der Waals surface area contributed by atoms with Crippen molar-refractivity contribution in [3.63, 3.8) is 0 Å². The Hall–Kier alpha value is -1.92. The second-order valence-corrected chi connectivity index (χ2v) is 7.19. The van der Waals surface area contributed by atoms with Crippen molar-refractivity contribution in [2.45, 2.75) is 11.4 Å². The fraction of sp³-hybridized carbons (Fsp3) is 0.143. The smallest absolute Gasteiger partial charge is 0.175 e. The van der Waals surface area contributed by atoms with Crippen LogP contribution in [0.4, 0.5) is 0 Å². The van der Waals surface area contributed by atoms with E-state index in [4.69, 9.17) is 11.6 Å². The molecule has 0 amide bonds. The highest BCUT2D eigenvalue weighted by atomic mass is 35.5. The zero-order valence-corrected chi connectivity index (χ0v) is 12.8. The first-order valence-electron chi connectivity index (χ1n) is 6.20. The lowest BCUT2D eigenvalue weighted by Crippen LogP contribution is -2.02. The van der Waals surface area contributed by atoms with Gasteiger partial charge in [-0.25, -0.2) is 8.42 Å². The number of aromatic nitrogens is 3. The zero-order valence-electron chi connectivity index (χ0n) is 11.2. The lowest BCUT2D eigenvalue weighted by atomic mass is 10.2. The standard InChI is InChI=1S/C14H12ClN3O2S/c1-21(19,20)12-3-4-13-10(8-12)6-7-18(13)9-11-2-5-14(15)17-16-11/h2-8H,9H2,1H3. The van der Waals surface area contributed by atoms with Gasteiger partial charge in [0.05, 0.1) is 17.1 Å². The van der Waals surface area contributed by atoms with Gasteiger partial charge in [-0.05, 0) is 36.4 Å². The van der Waals surface area contributed by atoms with Gasteiger partial charge in [-0.15, -0.1) is 5.10 Å². The molecule has 3 rings (SSSR count). The first-order valence-corrected chi connectivity index (χ1v) is 8.47. The average Bonchev–Trinajstić information content (AvgIpc) is 2.83. The Bertz CT molecular complexity index is 902. The molecule has 108 valence electrons. The van der Waals surface area contributed by atoms with Crippen molar-refractivity contribution in [1.82, 2.24) is 14.8 Å². The lowest BCUT2D eigenvalue weighted by molar-refractivity contribution is 0.602. The lowest BCUT2D eigenvalue weighted by Gasteiger charge is -2.05. The Morgan fingerprint density at radius 2 is 1.95 bits per heavy atom. The van der Waals surface area contributed by atoms with E-state index < -0.39 is 9.84 Å². The van der Waals surface area contributed by atoms with Crippen LogP contribution in [0.2, 0.25) is 5.15 Å². The minimum atomic E-state index is -3.19. The third kappa shape index (κ3) is 2.91. The van der Waals surface area contributed by atoms with E-state index >= 15 is 0 Å². The number of sulfone groups is 1. The molecule has 0 radical (unpaired) electrons. The van der Waals surface area contributed by atoms with Gasteiger partial charge in [0.15, 0.2) is 15.0 Å². The molecule has 2 heterocycles. The van der Waals surface area contributed by atoms with Crippen LogP contribution >= 0.6 is 11.6 Å². The highest BCUT2D eigenvalue weighted by Gasteiger charge is 2.10. The van der Waals surface area contributed by atoms with Crippen LogP contribution in [0.25, 0.3) is 10.9 Å². The molecular formula is C14H12ClN3O2S. The van der Waals surface area contributed by atoms with Crippen LogP contribution in [-0.2, 0) is 16.4 Å². The first kappa shape index (κ1) is 14.0. The van der Waals surface area contributed by atoms with Gasteiger partial charge >= 0.3 is 0 Å². The molecule has 0 saturated carbocycles. The van der Waals surface area contributed by atoms with Crippen molar-refractivity contribution in [3.8, 4) is 0 Å². The summed E-state index contributed by atoms with van der Waals surface area (Å²) in [6.07, 6.45) is 3.10. The van der Waals surface area contributed by atoms with Crippen molar-refractivity contribution >= 4 is 32.3 Å². The van der Waals surface area contributed by atoms with E-state index in [2.05, 4.69) is 10.2 Å². The molecule has 7 heteroatoms. The van der Waals surface area contributed by atoms with E-state index in [1.165, 1.54) is 6.26 Å². The number of fused-ring (bicyclic) bond motifs is 1. The molecule has 0 aliphatic heterocycles. The van der Waals surface area contributed by atoms with Gasteiger partial charge in [0.25, 0.3) is 0 Å². The summed E-state index contributed by atoms with van der Waals surface area (Å²) in [6, 6.07) is 10.5. The van der Waals surface area contributed by atoms with E-state index in [-0.39, 0.29) is 0 Å². The van der Waals surface area contributed by atoms with E-state index in [0.717, 1.165) is 16.6 Å². The van der Waals surface area contributed by atoms with Gasteiger partial charge in [0, 0.05) is 23.4 Å². The van der Waals surface area contributed by atoms with Crippen LogP contribution in [0.1, 0.15) is 5.69 Å². The van der Waals surface area contributed by atoms with Gasteiger partial charge in [-0.1, -0.05) is 11.6 Å². The van der Waals surface area contributed by atoms with Crippen LogP contribution in [0.3, 0.4) is 0 Å². The Morgan fingerprint density at radius 3 is 2.62 bits per heavy atom. The molecule has 0 aliphatic carbocycles. The Kier molecular flexibility index (Phi) is 3.43. The predicted molar refractivity (Wildman–Crippen MR) is 81.2 cm³/mol. The molecule has 0 spiro atoms. The zero-order chi connectivity index (χ0) is 15.0. The SMILES string of the molecule is CS(=O)(=O)c1ccc2c(ccn2Cc2ccc(Cl)nn2)c1. The Morgan fingerprint density at radius 1 is 1.14 bits per heavy atom. The first-order chi connectivity index (χ1) is 9.93. The summed E-state index contributed by atoms with van der Waals surface area (Å²) in [4.78, 5) is 0.319. The maximum atomic E-state index is 11.6. The maximum Gasteiger partial charge on any atom is 0.175 e.